The summed E-state index contributed by atoms with van der Waals surface area (Å²) in [6.07, 6.45) is 4.58. The molecule has 1 fully saturated rings. The zero-order valence-electron chi connectivity index (χ0n) is 10.3. The van der Waals surface area contributed by atoms with Gasteiger partial charge in [0.1, 0.15) is 11.6 Å². The third-order valence-electron chi connectivity index (χ3n) is 3.40. The maximum Gasteiger partial charge on any atom is 0.126 e. The van der Waals surface area contributed by atoms with Crippen LogP contribution in [0.15, 0.2) is 30.7 Å². The fourth-order valence-electron chi connectivity index (χ4n) is 2.24. The van der Waals surface area contributed by atoms with Gasteiger partial charge in [0, 0.05) is 12.5 Å². The second-order valence-corrected chi connectivity index (χ2v) is 4.91. The fraction of sp³-hybridized carbons (Fsp3) is 0.357. The lowest BCUT2D eigenvalue weighted by molar-refractivity contribution is 0.167. The molecular weight excluding hydrogens is 250 g/mol. The highest BCUT2D eigenvalue weighted by atomic mass is 19.1. The maximum atomic E-state index is 13.5. The van der Waals surface area contributed by atoms with Gasteiger partial charge >= 0.3 is 0 Å². The number of halogens is 2. The minimum Gasteiger partial charge on any atom is -0.386 e. The van der Waals surface area contributed by atoms with Gasteiger partial charge in [-0.15, -0.1) is 0 Å². The molecule has 0 bridgehead atoms. The van der Waals surface area contributed by atoms with Crippen molar-refractivity contribution in [2.24, 2.45) is 0 Å². The van der Waals surface area contributed by atoms with Gasteiger partial charge in [-0.3, -0.25) is 0 Å². The Hall–Kier alpha value is -1.75. The molecule has 1 aliphatic rings. The van der Waals surface area contributed by atoms with Crippen LogP contribution in [0.3, 0.4) is 0 Å². The minimum atomic E-state index is -0.876. The van der Waals surface area contributed by atoms with Gasteiger partial charge in [0.2, 0.25) is 0 Å². The van der Waals surface area contributed by atoms with Crippen LogP contribution in [0.2, 0.25) is 0 Å². The summed E-state index contributed by atoms with van der Waals surface area (Å²) in [7, 11) is 0. The molecule has 0 amide bonds. The molecule has 0 aliphatic heterocycles. The Morgan fingerprint density at radius 2 is 2.16 bits per heavy atom. The highest BCUT2D eigenvalue weighted by Crippen LogP contribution is 2.37. The number of aromatic nitrogens is 2. The first kappa shape index (κ1) is 12.3. The molecule has 1 heterocycles. The highest BCUT2D eigenvalue weighted by molar-refractivity contribution is 5.21. The molecule has 1 N–H and O–H groups in total. The van der Waals surface area contributed by atoms with E-state index < -0.39 is 17.7 Å². The average Bonchev–Trinajstić information content (AvgIpc) is 3.11. The van der Waals surface area contributed by atoms with E-state index in [2.05, 4.69) is 4.98 Å². The van der Waals surface area contributed by atoms with Gasteiger partial charge < -0.3 is 9.67 Å². The molecule has 0 saturated heterocycles. The van der Waals surface area contributed by atoms with E-state index in [0.29, 0.717) is 11.7 Å². The number of aliphatic hydroxyl groups is 1. The molecule has 0 spiro atoms. The molecular formula is C14H14F2N2O. The molecule has 100 valence electrons. The maximum absolute atomic E-state index is 13.5. The number of nitrogens with zero attached hydrogens (tertiary/aromatic N) is 2. The molecule has 1 aliphatic carbocycles. The van der Waals surface area contributed by atoms with Crippen molar-refractivity contribution in [1.29, 1.82) is 0 Å². The second-order valence-electron chi connectivity index (χ2n) is 4.91. The Kier molecular flexibility index (Phi) is 3.06. The molecule has 5 heteroatoms. The first-order valence-corrected chi connectivity index (χ1v) is 6.29. The molecule has 19 heavy (non-hydrogen) atoms. The van der Waals surface area contributed by atoms with Crippen LogP contribution in [-0.4, -0.2) is 14.7 Å². The predicted molar refractivity (Wildman–Crippen MR) is 65.5 cm³/mol. The summed E-state index contributed by atoms with van der Waals surface area (Å²) in [4.78, 5) is 4.02. The largest absolute Gasteiger partial charge is 0.386 e. The molecule has 1 atom stereocenters. The first-order valence-electron chi connectivity index (χ1n) is 6.29. The molecule has 0 radical (unpaired) electrons. The Balaban J connectivity index is 1.82. The third-order valence-corrected chi connectivity index (χ3v) is 3.40. The van der Waals surface area contributed by atoms with Gasteiger partial charge in [-0.1, -0.05) is 0 Å². The Morgan fingerprint density at radius 3 is 2.89 bits per heavy atom. The van der Waals surface area contributed by atoms with Gasteiger partial charge in [-0.05, 0) is 36.6 Å². The van der Waals surface area contributed by atoms with Crippen molar-refractivity contribution in [3.63, 3.8) is 0 Å². The second kappa shape index (κ2) is 4.74. The summed E-state index contributed by atoms with van der Waals surface area (Å²) in [5.41, 5.74) is 0.835. The van der Waals surface area contributed by atoms with Gasteiger partial charge in [-0.2, -0.15) is 0 Å². The summed E-state index contributed by atoms with van der Waals surface area (Å²) in [5, 5.41) is 10.2. The van der Waals surface area contributed by atoms with E-state index in [1.165, 1.54) is 0 Å². The number of imidazole rings is 1. The molecule has 3 rings (SSSR count). The van der Waals surface area contributed by atoms with Crippen LogP contribution in [0.4, 0.5) is 8.78 Å². The minimum absolute atomic E-state index is 0.0437. The molecule has 3 nitrogen and oxygen atoms in total. The average molecular weight is 264 g/mol. The van der Waals surface area contributed by atoms with Crippen LogP contribution in [0.25, 0.3) is 0 Å². The molecule has 1 aromatic heterocycles. The third kappa shape index (κ3) is 2.51. The highest BCUT2D eigenvalue weighted by Gasteiger charge is 2.27. The Morgan fingerprint density at radius 1 is 1.37 bits per heavy atom. The summed E-state index contributed by atoms with van der Waals surface area (Å²) >= 11 is 0. The van der Waals surface area contributed by atoms with Crippen LogP contribution in [0, 0.1) is 11.6 Å². The van der Waals surface area contributed by atoms with Crippen molar-refractivity contribution in [2.45, 2.75) is 31.4 Å². The summed E-state index contributed by atoms with van der Waals surface area (Å²) in [6, 6.07) is 3.66. The standard InChI is InChI=1S/C14H14F2N2O/c15-10-1-4-12(16)9(5-10)6-14(19)13-7-17-8-18(13)11-2-3-11/h1,4-5,7-8,11,14,19H,2-3,6H2. The van der Waals surface area contributed by atoms with Crippen molar-refractivity contribution in [1.82, 2.24) is 9.55 Å². The van der Waals surface area contributed by atoms with Crippen LogP contribution in [-0.2, 0) is 6.42 Å². The zero-order chi connectivity index (χ0) is 13.4. The SMILES string of the molecule is OC(Cc1cc(F)ccc1F)c1cncn1C1CC1. The van der Waals surface area contributed by atoms with Crippen LogP contribution in [0.1, 0.15) is 36.2 Å². The summed E-state index contributed by atoms with van der Waals surface area (Å²) in [5.74, 6) is -1.00. The number of rotatable bonds is 4. The van der Waals surface area contributed by atoms with Gasteiger partial charge in [0.25, 0.3) is 0 Å². The van der Waals surface area contributed by atoms with E-state index in [0.717, 1.165) is 31.0 Å². The smallest absolute Gasteiger partial charge is 0.126 e. The van der Waals surface area contributed by atoms with E-state index >= 15 is 0 Å². The normalized spacial score (nSPS) is 16.6. The Labute approximate surface area is 109 Å². The molecule has 1 aromatic carbocycles. The summed E-state index contributed by atoms with van der Waals surface area (Å²) in [6.45, 7) is 0. The van der Waals surface area contributed by atoms with E-state index in [4.69, 9.17) is 0 Å². The van der Waals surface area contributed by atoms with E-state index in [1.807, 2.05) is 4.57 Å². The van der Waals surface area contributed by atoms with Gasteiger partial charge in [0.15, 0.2) is 0 Å². The van der Waals surface area contributed by atoms with E-state index in [9.17, 15) is 13.9 Å². The molecule has 1 saturated carbocycles. The van der Waals surface area contributed by atoms with Gasteiger partial charge in [0.05, 0.1) is 24.3 Å². The topological polar surface area (TPSA) is 38.1 Å². The van der Waals surface area contributed by atoms with Gasteiger partial charge in [-0.25, -0.2) is 13.8 Å². The van der Waals surface area contributed by atoms with Crippen molar-refractivity contribution in [3.05, 3.63) is 53.6 Å². The predicted octanol–water partition coefficient (Wildman–Crippen LogP) is 2.77. The number of hydrogen-bond acceptors (Lipinski definition) is 2. The number of hydrogen-bond donors (Lipinski definition) is 1. The lowest BCUT2D eigenvalue weighted by Crippen LogP contribution is -2.09. The Bertz CT molecular complexity index is 593. The van der Waals surface area contributed by atoms with E-state index in [-0.39, 0.29) is 12.0 Å². The number of benzene rings is 1. The zero-order valence-corrected chi connectivity index (χ0v) is 10.3. The quantitative estimate of drug-likeness (QED) is 0.922. The lowest BCUT2D eigenvalue weighted by Gasteiger charge is -2.14. The van der Waals surface area contributed by atoms with Crippen LogP contribution in [0.5, 0.6) is 0 Å². The first-order chi connectivity index (χ1) is 9.15. The van der Waals surface area contributed by atoms with Crippen LogP contribution >= 0.6 is 0 Å². The van der Waals surface area contributed by atoms with Crippen molar-refractivity contribution in [2.75, 3.05) is 0 Å². The molecule has 1 unspecified atom stereocenters. The fourth-order valence-corrected chi connectivity index (χ4v) is 2.24. The van der Waals surface area contributed by atoms with Crippen molar-refractivity contribution in [3.8, 4) is 0 Å². The monoisotopic (exact) mass is 264 g/mol. The van der Waals surface area contributed by atoms with Crippen molar-refractivity contribution >= 4 is 0 Å². The van der Waals surface area contributed by atoms with E-state index in [1.54, 1.807) is 12.5 Å². The number of aliphatic hydroxyl groups excluding tert-OH is 1. The molecule has 2 aromatic rings. The summed E-state index contributed by atoms with van der Waals surface area (Å²) < 4.78 is 28.6. The van der Waals surface area contributed by atoms with Crippen molar-refractivity contribution < 1.29 is 13.9 Å². The van der Waals surface area contributed by atoms with Crippen LogP contribution < -0.4 is 0 Å². The lowest BCUT2D eigenvalue weighted by atomic mass is 10.1.